The van der Waals surface area contributed by atoms with E-state index in [9.17, 15) is 29.6 Å². The topological polar surface area (TPSA) is 135 Å². The summed E-state index contributed by atoms with van der Waals surface area (Å²) in [4.78, 5) is 50.0. The molecule has 1 aromatic heterocycles. The van der Waals surface area contributed by atoms with Crippen molar-refractivity contribution in [3.8, 4) is 11.1 Å². The first-order valence-electron chi connectivity index (χ1n) is 11.7. The van der Waals surface area contributed by atoms with E-state index in [0.29, 0.717) is 22.0 Å². The Morgan fingerprint density at radius 2 is 1.81 bits per heavy atom. The van der Waals surface area contributed by atoms with Gasteiger partial charge in [-0.3, -0.25) is 19.7 Å². The first-order chi connectivity index (χ1) is 17.4. The molecule has 2 aromatic carbocycles. The fourth-order valence-electron chi connectivity index (χ4n) is 4.32. The third-order valence-corrected chi connectivity index (χ3v) is 6.35. The number of nitro benzene ring substituents is 1. The van der Waals surface area contributed by atoms with Crippen molar-refractivity contribution in [2.75, 3.05) is 13.6 Å². The fraction of sp³-hybridized carbons (Fsp3) is 0.296. The molecule has 0 aliphatic heterocycles. The summed E-state index contributed by atoms with van der Waals surface area (Å²) in [7, 11) is 3.26. The summed E-state index contributed by atoms with van der Waals surface area (Å²) < 4.78 is 1.65. The molecule has 194 valence electrons. The number of likely N-dealkylation sites (N-methyl/N-ethyl adjacent to an activating group) is 1. The van der Waals surface area contributed by atoms with Crippen LogP contribution in [0.3, 0.4) is 0 Å². The van der Waals surface area contributed by atoms with Crippen molar-refractivity contribution in [2.45, 2.75) is 26.8 Å². The molecule has 37 heavy (non-hydrogen) atoms. The molecule has 10 heteroatoms. The largest absolute Gasteiger partial charge is 0.478 e. The standard InChI is InChI=1S/C27H30N4O6/c1-16(2)22(13-17(3)27(34)35)29(4)23(32)15-28-26(33)25-24(18-9-7-6-8-10-18)20-14-19(31(36)37)11-12-21(20)30(25)5/h6-14,16,22H,15H2,1-5H3,(H,28,33)(H,34,35)/b17-13+/t22-/m1/s1. The molecule has 2 N–H and O–H groups in total. The van der Waals surface area contributed by atoms with Gasteiger partial charge in [-0.1, -0.05) is 50.3 Å². The summed E-state index contributed by atoms with van der Waals surface area (Å²) in [6, 6.07) is 13.0. The first-order valence-corrected chi connectivity index (χ1v) is 11.7. The first kappa shape index (κ1) is 27.1. The Hall–Kier alpha value is -4.47. The highest BCUT2D eigenvalue weighted by atomic mass is 16.6. The van der Waals surface area contributed by atoms with Crippen LogP contribution in [-0.4, -0.2) is 56.9 Å². The lowest BCUT2D eigenvalue weighted by molar-refractivity contribution is -0.384. The number of aromatic nitrogens is 1. The summed E-state index contributed by atoms with van der Waals surface area (Å²) in [5.74, 6) is -2.03. The number of carboxylic acids is 1. The van der Waals surface area contributed by atoms with Crippen LogP contribution >= 0.6 is 0 Å². The van der Waals surface area contributed by atoms with Crippen LogP contribution in [-0.2, 0) is 16.6 Å². The SMILES string of the molecule is C/C(=C\[C@H](C(C)C)N(C)C(=O)CNC(=O)c1c(-c2ccccc2)c2cc([N+](=O)[O-])ccc2n1C)C(=O)O. The number of benzene rings is 2. The van der Waals surface area contributed by atoms with E-state index < -0.39 is 28.7 Å². The maximum absolute atomic E-state index is 13.4. The zero-order chi connectivity index (χ0) is 27.4. The molecular weight excluding hydrogens is 476 g/mol. The number of nitrogens with zero attached hydrogens (tertiary/aromatic N) is 3. The number of fused-ring (bicyclic) bond motifs is 1. The van der Waals surface area contributed by atoms with E-state index in [2.05, 4.69) is 5.32 Å². The van der Waals surface area contributed by atoms with Crippen molar-refractivity contribution in [2.24, 2.45) is 13.0 Å². The van der Waals surface area contributed by atoms with Gasteiger partial charge < -0.3 is 19.9 Å². The summed E-state index contributed by atoms with van der Waals surface area (Å²) in [5.41, 5.74) is 2.16. The molecule has 0 aliphatic carbocycles. The maximum Gasteiger partial charge on any atom is 0.331 e. The Morgan fingerprint density at radius 3 is 2.38 bits per heavy atom. The van der Waals surface area contributed by atoms with Crippen molar-refractivity contribution in [1.29, 1.82) is 0 Å². The number of carbonyl (C=O) groups excluding carboxylic acids is 2. The van der Waals surface area contributed by atoms with Gasteiger partial charge in [0.25, 0.3) is 11.6 Å². The Kier molecular flexibility index (Phi) is 8.11. The number of aryl methyl sites for hydroxylation is 1. The van der Waals surface area contributed by atoms with E-state index in [1.807, 2.05) is 44.2 Å². The minimum absolute atomic E-state index is 0.0578. The van der Waals surface area contributed by atoms with Crippen LogP contribution in [0.1, 0.15) is 31.3 Å². The van der Waals surface area contributed by atoms with Crippen molar-refractivity contribution >= 4 is 34.4 Å². The maximum atomic E-state index is 13.4. The van der Waals surface area contributed by atoms with Gasteiger partial charge >= 0.3 is 5.97 Å². The number of hydrogen-bond donors (Lipinski definition) is 2. The van der Waals surface area contributed by atoms with Gasteiger partial charge in [0, 0.05) is 48.3 Å². The highest BCUT2D eigenvalue weighted by Gasteiger charge is 2.26. The number of hydrogen-bond acceptors (Lipinski definition) is 5. The van der Waals surface area contributed by atoms with Gasteiger partial charge in [-0.2, -0.15) is 0 Å². The Labute approximate surface area is 214 Å². The lowest BCUT2D eigenvalue weighted by Crippen LogP contribution is -2.45. The highest BCUT2D eigenvalue weighted by Crippen LogP contribution is 2.36. The average Bonchev–Trinajstić information content (AvgIpc) is 3.16. The van der Waals surface area contributed by atoms with Gasteiger partial charge in [0.2, 0.25) is 5.91 Å². The molecule has 0 spiro atoms. The number of carbonyl (C=O) groups is 3. The molecule has 0 saturated heterocycles. The van der Waals surface area contributed by atoms with Gasteiger partial charge in [0.15, 0.2) is 0 Å². The van der Waals surface area contributed by atoms with Crippen LogP contribution in [0.25, 0.3) is 22.0 Å². The van der Waals surface area contributed by atoms with E-state index >= 15 is 0 Å². The van der Waals surface area contributed by atoms with E-state index in [1.165, 1.54) is 30.0 Å². The average molecular weight is 507 g/mol. The molecule has 0 radical (unpaired) electrons. The van der Waals surface area contributed by atoms with E-state index in [4.69, 9.17) is 0 Å². The second-order valence-corrected chi connectivity index (χ2v) is 9.18. The zero-order valence-electron chi connectivity index (χ0n) is 21.4. The molecule has 0 bridgehead atoms. The number of nitro groups is 1. The van der Waals surface area contributed by atoms with Gasteiger partial charge in [-0.25, -0.2) is 4.79 Å². The molecule has 1 atom stereocenters. The van der Waals surface area contributed by atoms with Crippen molar-refractivity contribution in [3.05, 3.63) is 76.0 Å². The number of carboxylic acid groups (broad SMARTS) is 1. The molecular formula is C27H30N4O6. The smallest absolute Gasteiger partial charge is 0.331 e. The van der Waals surface area contributed by atoms with Crippen LogP contribution < -0.4 is 5.32 Å². The quantitative estimate of drug-likeness (QED) is 0.256. The zero-order valence-corrected chi connectivity index (χ0v) is 21.4. The predicted molar refractivity (Wildman–Crippen MR) is 140 cm³/mol. The fourth-order valence-corrected chi connectivity index (χ4v) is 4.32. The van der Waals surface area contributed by atoms with Crippen molar-refractivity contribution in [3.63, 3.8) is 0 Å². The summed E-state index contributed by atoms with van der Waals surface area (Å²) in [6.07, 6.45) is 1.52. The molecule has 1 heterocycles. The molecule has 2 amide bonds. The summed E-state index contributed by atoms with van der Waals surface area (Å²) in [6.45, 7) is 4.90. The summed E-state index contributed by atoms with van der Waals surface area (Å²) >= 11 is 0. The van der Waals surface area contributed by atoms with Gasteiger partial charge in [0.05, 0.1) is 17.5 Å². The Bertz CT molecular complexity index is 1390. The number of rotatable bonds is 9. The highest BCUT2D eigenvalue weighted by molar-refractivity contribution is 6.11. The van der Waals surface area contributed by atoms with Gasteiger partial charge in [-0.05, 0) is 24.5 Å². The molecule has 3 rings (SSSR count). The Morgan fingerprint density at radius 1 is 1.16 bits per heavy atom. The number of non-ortho nitro benzene ring substituents is 1. The second kappa shape index (κ2) is 11.1. The summed E-state index contributed by atoms with van der Waals surface area (Å²) in [5, 5.41) is 23.9. The third-order valence-electron chi connectivity index (χ3n) is 6.35. The monoisotopic (exact) mass is 506 g/mol. The van der Waals surface area contributed by atoms with Crippen LogP contribution in [0.5, 0.6) is 0 Å². The van der Waals surface area contributed by atoms with Crippen molar-refractivity contribution in [1.82, 2.24) is 14.8 Å². The van der Waals surface area contributed by atoms with Crippen LogP contribution in [0.2, 0.25) is 0 Å². The molecule has 3 aromatic rings. The van der Waals surface area contributed by atoms with E-state index in [-0.39, 0.29) is 29.4 Å². The molecule has 0 unspecified atom stereocenters. The van der Waals surface area contributed by atoms with Crippen LogP contribution in [0.4, 0.5) is 5.69 Å². The molecule has 10 nitrogen and oxygen atoms in total. The van der Waals surface area contributed by atoms with Crippen molar-refractivity contribution < 1.29 is 24.4 Å². The van der Waals surface area contributed by atoms with E-state index in [0.717, 1.165) is 0 Å². The normalized spacial score (nSPS) is 12.4. The lowest BCUT2D eigenvalue weighted by atomic mass is 10.00. The lowest BCUT2D eigenvalue weighted by Gasteiger charge is -2.29. The van der Waals surface area contributed by atoms with Crippen LogP contribution in [0.15, 0.2) is 60.2 Å². The number of amides is 2. The number of nitrogens with one attached hydrogen (secondary N) is 1. The molecule has 0 aliphatic rings. The second-order valence-electron chi connectivity index (χ2n) is 9.18. The minimum Gasteiger partial charge on any atom is -0.478 e. The predicted octanol–water partition coefficient (Wildman–Crippen LogP) is 4.00. The minimum atomic E-state index is -1.07. The Balaban J connectivity index is 1.95. The third kappa shape index (κ3) is 5.69. The van der Waals surface area contributed by atoms with Gasteiger partial charge in [0.1, 0.15) is 5.69 Å². The van der Waals surface area contributed by atoms with Gasteiger partial charge in [-0.15, -0.1) is 0 Å². The molecule has 0 saturated carbocycles. The number of aliphatic carboxylic acids is 1. The van der Waals surface area contributed by atoms with Crippen LogP contribution in [0, 0.1) is 16.0 Å². The van der Waals surface area contributed by atoms with E-state index in [1.54, 1.807) is 24.7 Å². The molecule has 0 fully saturated rings.